The molecule has 138 valence electrons. The third-order valence-corrected chi connectivity index (χ3v) is 3.12. The number of alkyl carbamates (subject to hydrolysis) is 1. The van der Waals surface area contributed by atoms with Gasteiger partial charge in [-0.2, -0.15) is 0 Å². The van der Waals surface area contributed by atoms with Gasteiger partial charge in [0, 0.05) is 6.42 Å². The summed E-state index contributed by atoms with van der Waals surface area (Å²) in [7, 11) is 0. The molecule has 4 N–H and O–H groups in total. The second-order valence-electron chi connectivity index (χ2n) is 6.64. The number of carbonyl (C=O) groups excluding carboxylic acids is 2. The molecule has 2 amide bonds. The fraction of sp³-hybridized carbons (Fsp3) is 0.471. The Morgan fingerprint density at radius 3 is 2.16 bits per heavy atom. The van der Waals surface area contributed by atoms with Crippen LogP contribution in [-0.4, -0.2) is 45.9 Å². The summed E-state index contributed by atoms with van der Waals surface area (Å²) in [6, 6.07) is 3.88. The molecule has 1 rings (SSSR count). The molecule has 0 spiro atoms. The fourth-order valence-corrected chi connectivity index (χ4v) is 1.91. The summed E-state index contributed by atoms with van der Waals surface area (Å²) in [5, 5.41) is 23.3. The van der Waals surface area contributed by atoms with Crippen molar-refractivity contribution in [3.05, 3.63) is 29.8 Å². The summed E-state index contributed by atoms with van der Waals surface area (Å²) in [5.74, 6) is -1.78. The number of aromatic hydroxyl groups is 1. The van der Waals surface area contributed by atoms with Crippen LogP contribution in [0.2, 0.25) is 0 Å². The van der Waals surface area contributed by atoms with Gasteiger partial charge in [-0.25, -0.2) is 9.59 Å². The first-order valence-electron chi connectivity index (χ1n) is 7.78. The number of phenols is 1. The van der Waals surface area contributed by atoms with Crippen LogP contribution in [0.5, 0.6) is 5.75 Å². The Morgan fingerprint density at radius 1 is 1.12 bits per heavy atom. The fourth-order valence-electron chi connectivity index (χ4n) is 1.91. The topological polar surface area (TPSA) is 125 Å². The molecule has 0 aromatic heterocycles. The van der Waals surface area contributed by atoms with E-state index in [-0.39, 0.29) is 12.2 Å². The summed E-state index contributed by atoms with van der Waals surface area (Å²) < 4.78 is 5.05. The molecule has 0 fully saturated rings. The normalized spacial score (nSPS) is 13.4. The van der Waals surface area contributed by atoms with Gasteiger partial charge in [0.2, 0.25) is 5.91 Å². The van der Waals surface area contributed by atoms with Crippen LogP contribution in [0.3, 0.4) is 0 Å². The number of aliphatic carboxylic acids is 1. The van der Waals surface area contributed by atoms with Crippen LogP contribution in [0.1, 0.15) is 33.3 Å². The monoisotopic (exact) mass is 352 g/mol. The summed E-state index contributed by atoms with van der Waals surface area (Å²) in [4.78, 5) is 35.1. The van der Waals surface area contributed by atoms with Gasteiger partial charge in [-0.05, 0) is 45.4 Å². The van der Waals surface area contributed by atoms with E-state index in [4.69, 9.17) is 4.74 Å². The third kappa shape index (κ3) is 7.56. The summed E-state index contributed by atoms with van der Waals surface area (Å²) >= 11 is 0. The van der Waals surface area contributed by atoms with Crippen LogP contribution in [0.4, 0.5) is 4.79 Å². The number of nitrogens with one attached hydrogen (secondary N) is 2. The molecule has 0 saturated heterocycles. The molecule has 1 aromatic carbocycles. The molecule has 0 saturated carbocycles. The van der Waals surface area contributed by atoms with E-state index < -0.39 is 35.7 Å². The van der Waals surface area contributed by atoms with Crippen molar-refractivity contribution in [2.45, 2.75) is 51.8 Å². The van der Waals surface area contributed by atoms with Gasteiger partial charge in [-0.15, -0.1) is 0 Å². The molecule has 0 aliphatic heterocycles. The predicted octanol–water partition coefficient (Wildman–Crippen LogP) is 1.42. The minimum absolute atomic E-state index is 0.0422. The SMILES string of the molecule is C[C@H](NC(=O)OC(C)(C)C)C(=O)N[C@@H](Cc1ccc(O)cc1)C(=O)O. The van der Waals surface area contributed by atoms with Crippen molar-refractivity contribution >= 4 is 18.0 Å². The molecule has 0 bridgehead atoms. The van der Waals surface area contributed by atoms with Crippen molar-refractivity contribution in [3.63, 3.8) is 0 Å². The quantitative estimate of drug-likeness (QED) is 0.613. The van der Waals surface area contributed by atoms with Crippen molar-refractivity contribution < 1.29 is 29.3 Å². The highest BCUT2D eigenvalue weighted by Gasteiger charge is 2.25. The minimum Gasteiger partial charge on any atom is -0.508 e. The lowest BCUT2D eigenvalue weighted by Crippen LogP contribution is -2.51. The van der Waals surface area contributed by atoms with E-state index in [2.05, 4.69) is 10.6 Å². The molecule has 2 atom stereocenters. The Bertz CT molecular complexity index is 621. The van der Waals surface area contributed by atoms with E-state index in [1.165, 1.54) is 19.1 Å². The summed E-state index contributed by atoms with van der Waals surface area (Å²) in [6.07, 6.45) is -0.721. The molecule has 0 aliphatic carbocycles. The minimum atomic E-state index is -1.20. The maximum Gasteiger partial charge on any atom is 0.408 e. The Labute approximate surface area is 146 Å². The maximum atomic E-state index is 12.1. The van der Waals surface area contributed by atoms with Gasteiger partial charge >= 0.3 is 12.1 Å². The van der Waals surface area contributed by atoms with E-state index in [1.54, 1.807) is 32.9 Å². The number of rotatable bonds is 6. The van der Waals surface area contributed by atoms with Gasteiger partial charge in [0.05, 0.1) is 0 Å². The zero-order valence-corrected chi connectivity index (χ0v) is 14.7. The van der Waals surface area contributed by atoms with Crippen molar-refractivity contribution in [3.8, 4) is 5.75 Å². The first-order valence-corrected chi connectivity index (χ1v) is 7.78. The number of amides is 2. The van der Waals surface area contributed by atoms with Crippen LogP contribution >= 0.6 is 0 Å². The number of phenolic OH excluding ortho intramolecular Hbond substituents is 1. The lowest BCUT2D eigenvalue weighted by molar-refractivity contribution is -0.142. The molecular weight excluding hydrogens is 328 g/mol. The number of carbonyl (C=O) groups is 3. The van der Waals surface area contributed by atoms with Crippen molar-refractivity contribution in [2.75, 3.05) is 0 Å². The largest absolute Gasteiger partial charge is 0.508 e. The van der Waals surface area contributed by atoms with Crippen LogP contribution in [0, 0.1) is 0 Å². The number of carboxylic acid groups (broad SMARTS) is 1. The number of benzene rings is 1. The maximum absolute atomic E-state index is 12.1. The first-order chi connectivity index (χ1) is 11.5. The molecule has 0 heterocycles. The second kappa shape index (κ2) is 8.36. The van der Waals surface area contributed by atoms with Crippen molar-refractivity contribution in [1.29, 1.82) is 0 Å². The van der Waals surface area contributed by atoms with Crippen LogP contribution in [-0.2, 0) is 20.7 Å². The van der Waals surface area contributed by atoms with Gasteiger partial charge in [0.1, 0.15) is 23.4 Å². The van der Waals surface area contributed by atoms with Crippen LogP contribution in [0.25, 0.3) is 0 Å². The molecule has 8 nitrogen and oxygen atoms in total. The average Bonchev–Trinajstić information content (AvgIpc) is 2.46. The predicted molar refractivity (Wildman–Crippen MR) is 90.2 cm³/mol. The zero-order valence-electron chi connectivity index (χ0n) is 14.7. The standard InChI is InChI=1S/C17H24N2O6/c1-10(18-16(24)25-17(2,3)4)14(21)19-13(15(22)23)9-11-5-7-12(20)8-6-11/h5-8,10,13,20H,9H2,1-4H3,(H,18,24)(H,19,21)(H,22,23)/t10-,13-/m0/s1. The molecular formula is C17H24N2O6. The van der Waals surface area contributed by atoms with Gasteiger partial charge in [0.15, 0.2) is 0 Å². The van der Waals surface area contributed by atoms with Crippen molar-refractivity contribution in [2.24, 2.45) is 0 Å². The van der Waals surface area contributed by atoms with E-state index in [0.717, 1.165) is 0 Å². The molecule has 8 heteroatoms. The highest BCUT2D eigenvalue weighted by Crippen LogP contribution is 2.11. The molecule has 0 radical (unpaired) electrons. The van der Waals surface area contributed by atoms with Gasteiger partial charge < -0.3 is 25.6 Å². The van der Waals surface area contributed by atoms with E-state index in [0.29, 0.717) is 5.56 Å². The lowest BCUT2D eigenvalue weighted by Gasteiger charge is -2.22. The van der Waals surface area contributed by atoms with Gasteiger partial charge in [0.25, 0.3) is 0 Å². The first kappa shape index (κ1) is 20.3. The summed E-state index contributed by atoms with van der Waals surface area (Å²) in [6.45, 7) is 6.50. The smallest absolute Gasteiger partial charge is 0.408 e. The number of hydrogen-bond donors (Lipinski definition) is 4. The Kier molecular flexibility index (Phi) is 6.78. The number of hydrogen-bond acceptors (Lipinski definition) is 5. The highest BCUT2D eigenvalue weighted by atomic mass is 16.6. The lowest BCUT2D eigenvalue weighted by atomic mass is 10.1. The van der Waals surface area contributed by atoms with Crippen LogP contribution < -0.4 is 10.6 Å². The van der Waals surface area contributed by atoms with E-state index >= 15 is 0 Å². The highest BCUT2D eigenvalue weighted by molar-refractivity contribution is 5.89. The molecule has 0 unspecified atom stereocenters. The van der Waals surface area contributed by atoms with Gasteiger partial charge in [-0.1, -0.05) is 12.1 Å². The molecule has 0 aliphatic rings. The van der Waals surface area contributed by atoms with Gasteiger partial charge in [-0.3, -0.25) is 4.79 Å². The number of carboxylic acids is 1. The number of ether oxygens (including phenoxy) is 1. The molecule has 1 aromatic rings. The second-order valence-corrected chi connectivity index (χ2v) is 6.64. The third-order valence-electron chi connectivity index (χ3n) is 3.12. The van der Waals surface area contributed by atoms with Crippen LogP contribution in [0.15, 0.2) is 24.3 Å². The Morgan fingerprint density at radius 2 is 1.68 bits per heavy atom. The average molecular weight is 352 g/mol. The van der Waals surface area contributed by atoms with E-state index in [9.17, 15) is 24.6 Å². The van der Waals surface area contributed by atoms with E-state index in [1.807, 2.05) is 0 Å². The Hall–Kier alpha value is -2.77. The van der Waals surface area contributed by atoms with Crippen molar-refractivity contribution in [1.82, 2.24) is 10.6 Å². The molecule has 25 heavy (non-hydrogen) atoms. The zero-order chi connectivity index (χ0) is 19.2. The summed E-state index contributed by atoms with van der Waals surface area (Å²) in [5.41, 5.74) is -0.0683. The Balaban J connectivity index is 2.64.